The number of hydrogen-bond acceptors (Lipinski definition) is 2. The Morgan fingerprint density at radius 1 is 0.655 bits per heavy atom. The van der Waals surface area contributed by atoms with E-state index in [1.165, 1.54) is 10.6 Å². The molecule has 0 aliphatic heterocycles. The van der Waals surface area contributed by atoms with Crippen LogP contribution < -0.4 is 20.7 Å². The average molecular weight is 508 g/mol. The molecule has 0 spiro atoms. The molecule has 0 N–H and O–H groups in total. The summed E-state index contributed by atoms with van der Waals surface area (Å²) in [5.74, 6) is 0.264. The lowest BCUT2D eigenvalue weighted by Crippen LogP contribution is -2.23. The van der Waals surface area contributed by atoms with Crippen molar-refractivity contribution in [2.75, 3.05) is 0 Å². The molecule has 0 aliphatic carbocycles. The number of halogens is 1. The Labute approximate surface area is 185 Å². The van der Waals surface area contributed by atoms with Crippen molar-refractivity contribution in [1.29, 1.82) is 0 Å². The van der Waals surface area contributed by atoms with Gasteiger partial charge >= 0.3 is 5.97 Å². The maximum atomic E-state index is 12.8. The van der Waals surface area contributed by atoms with Gasteiger partial charge in [-0.05, 0) is 71.5 Å². The Kier molecular flexibility index (Phi) is 6.38. The SMILES string of the molecule is O=C(Oc1ccccc1P(c1ccccc1)c1ccccc1)c1ccc(I)cc1. The summed E-state index contributed by atoms with van der Waals surface area (Å²) in [6.07, 6.45) is 0. The van der Waals surface area contributed by atoms with Crippen LogP contribution in [-0.2, 0) is 0 Å². The van der Waals surface area contributed by atoms with E-state index >= 15 is 0 Å². The van der Waals surface area contributed by atoms with Crippen molar-refractivity contribution >= 4 is 52.4 Å². The zero-order valence-electron chi connectivity index (χ0n) is 15.5. The molecule has 4 aromatic carbocycles. The van der Waals surface area contributed by atoms with E-state index < -0.39 is 7.92 Å². The fourth-order valence-corrected chi connectivity index (χ4v) is 5.78. The third kappa shape index (κ3) is 4.75. The summed E-state index contributed by atoms with van der Waals surface area (Å²) in [4.78, 5) is 12.8. The predicted octanol–water partition coefficient (Wildman–Crippen LogP) is 5.27. The van der Waals surface area contributed by atoms with E-state index in [2.05, 4.69) is 52.9 Å². The molecule has 0 unspecified atom stereocenters. The first-order valence-electron chi connectivity index (χ1n) is 9.19. The minimum atomic E-state index is -0.850. The highest BCUT2D eigenvalue weighted by atomic mass is 127. The summed E-state index contributed by atoms with van der Waals surface area (Å²) in [6, 6.07) is 36.0. The largest absolute Gasteiger partial charge is 0.422 e. The minimum absolute atomic E-state index is 0.343. The number of carbonyl (C=O) groups excluding carboxylic acids is 1. The van der Waals surface area contributed by atoms with Crippen LogP contribution in [0.3, 0.4) is 0 Å². The summed E-state index contributed by atoms with van der Waals surface area (Å²) in [5.41, 5.74) is 0.545. The second kappa shape index (κ2) is 9.34. The van der Waals surface area contributed by atoms with Gasteiger partial charge in [0.25, 0.3) is 0 Å². The number of carbonyl (C=O) groups is 1. The first-order chi connectivity index (χ1) is 14.2. The van der Waals surface area contributed by atoms with Gasteiger partial charge < -0.3 is 4.74 Å². The number of rotatable bonds is 5. The molecule has 0 aliphatic rings. The zero-order valence-corrected chi connectivity index (χ0v) is 18.6. The van der Waals surface area contributed by atoms with Crippen molar-refractivity contribution in [3.8, 4) is 5.75 Å². The molecule has 0 fully saturated rings. The highest BCUT2D eigenvalue weighted by Gasteiger charge is 2.21. The van der Waals surface area contributed by atoms with E-state index in [1.54, 1.807) is 12.1 Å². The standard InChI is InChI=1S/C25H18IO2P/c26-20-17-15-19(16-18-20)25(27)28-23-13-7-8-14-24(23)29(21-9-3-1-4-10-21)22-11-5-2-6-12-22/h1-18H. The van der Waals surface area contributed by atoms with Crippen molar-refractivity contribution in [3.63, 3.8) is 0 Å². The molecular formula is C25H18IO2P. The van der Waals surface area contributed by atoms with Gasteiger partial charge in [-0.15, -0.1) is 0 Å². The van der Waals surface area contributed by atoms with Crippen molar-refractivity contribution < 1.29 is 9.53 Å². The molecule has 2 nitrogen and oxygen atoms in total. The molecule has 142 valence electrons. The van der Waals surface area contributed by atoms with Crippen molar-refractivity contribution in [1.82, 2.24) is 0 Å². The Bertz CT molecular complexity index is 1060. The van der Waals surface area contributed by atoms with E-state index in [1.807, 2.05) is 66.7 Å². The van der Waals surface area contributed by atoms with Gasteiger partial charge in [0, 0.05) is 8.87 Å². The topological polar surface area (TPSA) is 26.3 Å². The van der Waals surface area contributed by atoms with E-state index in [4.69, 9.17) is 4.74 Å². The highest BCUT2D eigenvalue weighted by molar-refractivity contribution is 14.1. The Morgan fingerprint density at radius 2 is 1.17 bits per heavy atom. The maximum Gasteiger partial charge on any atom is 0.343 e. The lowest BCUT2D eigenvalue weighted by atomic mass is 10.2. The van der Waals surface area contributed by atoms with Gasteiger partial charge in [0.15, 0.2) is 0 Å². The molecule has 4 heteroatoms. The molecule has 0 radical (unpaired) electrons. The van der Waals surface area contributed by atoms with Crippen LogP contribution in [-0.4, -0.2) is 5.97 Å². The van der Waals surface area contributed by atoms with Crippen molar-refractivity contribution in [3.05, 3.63) is 118 Å². The molecular weight excluding hydrogens is 490 g/mol. The summed E-state index contributed by atoms with van der Waals surface area (Å²) in [5, 5.41) is 3.46. The van der Waals surface area contributed by atoms with Gasteiger partial charge in [-0.3, -0.25) is 0 Å². The summed E-state index contributed by atoms with van der Waals surface area (Å²) < 4.78 is 6.95. The van der Waals surface area contributed by atoms with Crippen LogP contribution in [0.1, 0.15) is 10.4 Å². The molecule has 4 rings (SSSR count). The second-order valence-corrected chi connectivity index (χ2v) is 9.80. The molecule has 0 saturated carbocycles. The third-order valence-electron chi connectivity index (χ3n) is 4.42. The Balaban J connectivity index is 1.75. The highest BCUT2D eigenvalue weighted by Crippen LogP contribution is 2.36. The van der Waals surface area contributed by atoms with Crippen LogP contribution in [0.4, 0.5) is 0 Å². The zero-order chi connectivity index (χ0) is 20.1. The van der Waals surface area contributed by atoms with Gasteiger partial charge in [0.05, 0.1) is 5.56 Å². The van der Waals surface area contributed by atoms with Gasteiger partial charge in [0.2, 0.25) is 0 Å². The summed E-state index contributed by atoms with van der Waals surface area (Å²) in [7, 11) is -0.850. The lowest BCUT2D eigenvalue weighted by Gasteiger charge is -2.21. The van der Waals surface area contributed by atoms with Crippen molar-refractivity contribution in [2.24, 2.45) is 0 Å². The smallest absolute Gasteiger partial charge is 0.343 e. The lowest BCUT2D eigenvalue weighted by molar-refractivity contribution is 0.0736. The van der Waals surface area contributed by atoms with Crippen molar-refractivity contribution in [2.45, 2.75) is 0 Å². The van der Waals surface area contributed by atoms with Crippen LogP contribution in [0, 0.1) is 3.57 Å². The second-order valence-electron chi connectivity index (χ2n) is 6.37. The predicted molar refractivity (Wildman–Crippen MR) is 129 cm³/mol. The van der Waals surface area contributed by atoms with E-state index in [-0.39, 0.29) is 5.97 Å². The average Bonchev–Trinajstić information content (AvgIpc) is 2.77. The number of esters is 1. The number of ether oxygens (including phenoxy) is 1. The summed E-state index contributed by atoms with van der Waals surface area (Å²) >= 11 is 2.22. The van der Waals surface area contributed by atoms with E-state index in [0.29, 0.717) is 11.3 Å². The molecule has 0 aromatic heterocycles. The molecule has 0 amide bonds. The Hall–Kier alpha value is -2.49. The summed E-state index contributed by atoms with van der Waals surface area (Å²) in [6.45, 7) is 0. The molecule has 29 heavy (non-hydrogen) atoms. The normalized spacial score (nSPS) is 10.7. The van der Waals surface area contributed by atoms with Crippen LogP contribution in [0.25, 0.3) is 0 Å². The molecule has 0 saturated heterocycles. The van der Waals surface area contributed by atoms with Gasteiger partial charge in [-0.2, -0.15) is 0 Å². The quantitative estimate of drug-likeness (QED) is 0.159. The number of benzene rings is 4. The fraction of sp³-hybridized carbons (Fsp3) is 0. The molecule has 0 bridgehead atoms. The van der Waals surface area contributed by atoms with E-state index in [9.17, 15) is 4.79 Å². The Morgan fingerprint density at radius 3 is 1.76 bits per heavy atom. The molecule has 0 heterocycles. The monoisotopic (exact) mass is 508 g/mol. The van der Waals surface area contributed by atoms with Gasteiger partial charge in [-0.1, -0.05) is 78.9 Å². The first kappa shape index (κ1) is 19.8. The van der Waals surface area contributed by atoms with E-state index in [0.717, 1.165) is 8.87 Å². The number of para-hydroxylation sites is 1. The van der Waals surface area contributed by atoms with Gasteiger partial charge in [0.1, 0.15) is 5.75 Å². The maximum absolute atomic E-state index is 12.8. The fourth-order valence-electron chi connectivity index (χ4n) is 3.05. The molecule has 0 atom stereocenters. The van der Waals surface area contributed by atoms with Crippen LogP contribution in [0.5, 0.6) is 5.75 Å². The third-order valence-corrected chi connectivity index (χ3v) is 7.62. The first-order valence-corrected chi connectivity index (χ1v) is 11.6. The van der Waals surface area contributed by atoms with Crippen LogP contribution in [0.15, 0.2) is 109 Å². The molecule has 4 aromatic rings. The van der Waals surface area contributed by atoms with Gasteiger partial charge in [-0.25, -0.2) is 4.79 Å². The van der Waals surface area contributed by atoms with Crippen LogP contribution >= 0.6 is 30.5 Å². The van der Waals surface area contributed by atoms with Crippen LogP contribution in [0.2, 0.25) is 0 Å². The minimum Gasteiger partial charge on any atom is -0.422 e. The number of hydrogen-bond donors (Lipinski definition) is 0.